The van der Waals surface area contributed by atoms with Crippen LogP contribution < -0.4 is 11.1 Å². The first-order valence-electron chi connectivity index (χ1n) is 6.27. The largest absolute Gasteiger partial charge is 0.397 e. The third-order valence-electron chi connectivity index (χ3n) is 3.06. The van der Waals surface area contributed by atoms with Crippen molar-refractivity contribution in [3.63, 3.8) is 0 Å². The van der Waals surface area contributed by atoms with Crippen LogP contribution in [-0.2, 0) is 4.79 Å². The lowest BCUT2D eigenvalue weighted by Gasteiger charge is -2.15. The van der Waals surface area contributed by atoms with E-state index in [0.717, 1.165) is 11.4 Å². The molecule has 1 atom stereocenters. The van der Waals surface area contributed by atoms with Gasteiger partial charge in [-0.05, 0) is 45.0 Å². The Hall–Kier alpha value is -2.37. The first-order valence-corrected chi connectivity index (χ1v) is 6.27. The molecule has 1 amide bonds. The number of nitrogens with two attached hydrogens (primary N) is 1. The zero-order chi connectivity index (χ0) is 14.9. The molecule has 2 aromatic rings. The number of anilines is 2. The van der Waals surface area contributed by atoms with Gasteiger partial charge in [-0.25, -0.2) is 4.39 Å². The Morgan fingerprint density at radius 2 is 2.10 bits per heavy atom. The van der Waals surface area contributed by atoms with Crippen molar-refractivity contribution < 1.29 is 9.18 Å². The summed E-state index contributed by atoms with van der Waals surface area (Å²) in [7, 11) is 0. The first-order chi connectivity index (χ1) is 9.38. The second kappa shape index (κ2) is 5.32. The molecular formula is C14H17FN4O. The van der Waals surface area contributed by atoms with Crippen molar-refractivity contribution in [1.82, 2.24) is 9.78 Å². The van der Waals surface area contributed by atoms with Crippen molar-refractivity contribution >= 4 is 17.3 Å². The molecule has 1 aromatic carbocycles. The number of carbonyl (C=O) groups is 1. The van der Waals surface area contributed by atoms with Gasteiger partial charge < -0.3 is 11.1 Å². The molecule has 0 bridgehead atoms. The average Bonchev–Trinajstić information content (AvgIpc) is 2.71. The predicted octanol–water partition coefficient (Wildman–Crippen LogP) is 2.42. The molecule has 1 aromatic heterocycles. The average molecular weight is 276 g/mol. The molecule has 6 heteroatoms. The number of hydrogen-bond acceptors (Lipinski definition) is 3. The Kier molecular flexibility index (Phi) is 3.74. The Morgan fingerprint density at radius 1 is 1.40 bits per heavy atom. The predicted molar refractivity (Wildman–Crippen MR) is 75.9 cm³/mol. The third kappa shape index (κ3) is 2.79. The number of carbonyl (C=O) groups excluding carboxylic acids is 1. The standard InChI is InChI=1S/C14H17FN4O/c1-8-6-9(2)19(18-8)10(3)14(20)17-13-5-4-11(15)7-12(13)16/h4-7,10H,16H2,1-3H3,(H,17,20). The van der Waals surface area contributed by atoms with E-state index in [1.54, 1.807) is 11.6 Å². The topological polar surface area (TPSA) is 72.9 Å². The molecule has 20 heavy (non-hydrogen) atoms. The molecule has 0 aliphatic carbocycles. The normalized spacial score (nSPS) is 12.2. The molecule has 5 nitrogen and oxygen atoms in total. The van der Waals surface area contributed by atoms with E-state index in [4.69, 9.17) is 5.73 Å². The Bertz CT molecular complexity index is 651. The Morgan fingerprint density at radius 3 is 2.65 bits per heavy atom. The van der Waals surface area contributed by atoms with Gasteiger partial charge in [-0.15, -0.1) is 0 Å². The van der Waals surface area contributed by atoms with Gasteiger partial charge in [0.15, 0.2) is 0 Å². The quantitative estimate of drug-likeness (QED) is 0.846. The molecule has 0 saturated heterocycles. The minimum Gasteiger partial charge on any atom is -0.397 e. The van der Waals surface area contributed by atoms with Crippen LogP contribution in [0.1, 0.15) is 24.4 Å². The summed E-state index contributed by atoms with van der Waals surface area (Å²) in [5, 5.41) is 6.95. The van der Waals surface area contributed by atoms with E-state index < -0.39 is 11.9 Å². The molecule has 1 unspecified atom stereocenters. The second-order valence-corrected chi connectivity index (χ2v) is 4.77. The fourth-order valence-electron chi connectivity index (χ4n) is 2.03. The van der Waals surface area contributed by atoms with Gasteiger partial charge in [0, 0.05) is 5.69 Å². The molecule has 106 valence electrons. The summed E-state index contributed by atoms with van der Waals surface area (Å²) in [5.74, 6) is -0.693. The van der Waals surface area contributed by atoms with Crippen molar-refractivity contribution in [3.05, 3.63) is 41.5 Å². The van der Waals surface area contributed by atoms with Gasteiger partial charge in [-0.1, -0.05) is 0 Å². The van der Waals surface area contributed by atoms with E-state index in [2.05, 4.69) is 10.4 Å². The van der Waals surface area contributed by atoms with Crippen LogP contribution >= 0.6 is 0 Å². The van der Waals surface area contributed by atoms with Gasteiger partial charge in [0.1, 0.15) is 11.9 Å². The van der Waals surface area contributed by atoms with Gasteiger partial charge in [0.25, 0.3) is 0 Å². The van der Waals surface area contributed by atoms with Crippen molar-refractivity contribution in [1.29, 1.82) is 0 Å². The summed E-state index contributed by atoms with van der Waals surface area (Å²) in [6.45, 7) is 5.50. The van der Waals surface area contributed by atoms with Crippen LogP contribution in [0.4, 0.5) is 15.8 Å². The van der Waals surface area contributed by atoms with Crippen molar-refractivity contribution in [2.24, 2.45) is 0 Å². The summed E-state index contributed by atoms with van der Waals surface area (Å²) >= 11 is 0. The number of amides is 1. The van der Waals surface area contributed by atoms with E-state index in [9.17, 15) is 9.18 Å². The lowest BCUT2D eigenvalue weighted by Crippen LogP contribution is -2.25. The van der Waals surface area contributed by atoms with Crippen LogP contribution in [-0.4, -0.2) is 15.7 Å². The summed E-state index contributed by atoms with van der Waals surface area (Å²) < 4.78 is 14.6. The van der Waals surface area contributed by atoms with Crippen LogP contribution in [0.5, 0.6) is 0 Å². The highest BCUT2D eigenvalue weighted by molar-refractivity contribution is 5.96. The fourth-order valence-corrected chi connectivity index (χ4v) is 2.03. The van der Waals surface area contributed by atoms with E-state index in [1.807, 2.05) is 19.9 Å². The molecule has 0 aliphatic rings. The third-order valence-corrected chi connectivity index (χ3v) is 3.06. The number of hydrogen-bond donors (Lipinski definition) is 2. The maximum atomic E-state index is 13.0. The van der Waals surface area contributed by atoms with Crippen molar-refractivity contribution in [2.75, 3.05) is 11.1 Å². The smallest absolute Gasteiger partial charge is 0.249 e. The zero-order valence-electron chi connectivity index (χ0n) is 11.6. The highest BCUT2D eigenvalue weighted by Gasteiger charge is 2.18. The summed E-state index contributed by atoms with van der Waals surface area (Å²) in [4.78, 5) is 12.2. The number of nitrogen functional groups attached to an aromatic ring is 1. The molecule has 0 spiro atoms. The Balaban J connectivity index is 2.17. The lowest BCUT2D eigenvalue weighted by atomic mass is 10.2. The molecule has 1 heterocycles. The number of aryl methyl sites for hydroxylation is 2. The zero-order valence-corrected chi connectivity index (χ0v) is 11.6. The van der Waals surface area contributed by atoms with E-state index in [-0.39, 0.29) is 11.6 Å². The monoisotopic (exact) mass is 276 g/mol. The number of nitrogens with zero attached hydrogens (tertiary/aromatic N) is 2. The van der Waals surface area contributed by atoms with Crippen molar-refractivity contribution in [2.45, 2.75) is 26.8 Å². The SMILES string of the molecule is Cc1cc(C)n(C(C)C(=O)Nc2ccc(F)cc2N)n1. The molecular weight excluding hydrogens is 259 g/mol. The first kappa shape index (κ1) is 14.0. The number of halogens is 1. The maximum absolute atomic E-state index is 13.0. The second-order valence-electron chi connectivity index (χ2n) is 4.77. The highest BCUT2D eigenvalue weighted by Crippen LogP contribution is 2.21. The van der Waals surface area contributed by atoms with Crippen LogP contribution in [0, 0.1) is 19.7 Å². The van der Waals surface area contributed by atoms with Crippen molar-refractivity contribution in [3.8, 4) is 0 Å². The molecule has 0 radical (unpaired) electrons. The van der Waals surface area contributed by atoms with Gasteiger partial charge in [0.2, 0.25) is 5.91 Å². The van der Waals surface area contributed by atoms with Crippen LogP contribution in [0.3, 0.4) is 0 Å². The molecule has 0 aliphatic heterocycles. The van der Waals surface area contributed by atoms with E-state index >= 15 is 0 Å². The van der Waals surface area contributed by atoms with E-state index in [0.29, 0.717) is 5.69 Å². The van der Waals surface area contributed by atoms with Crippen LogP contribution in [0.25, 0.3) is 0 Å². The maximum Gasteiger partial charge on any atom is 0.249 e. The minimum absolute atomic E-state index is 0.193. The van der Waals surface area contributed by atoms with Crippen LogP contribution in [0.2, 0.25) is 0 Å². The fraction of sp³-hybridized carbons (Fsp3) is 0.286. The molecule has 3 N–H and O–H groups in total. The summed E-state index contributed by atoms with van der Waals surface area (Å²) in [6, 6.07) is 5.28. The summed E-state index contributed by atoms with van der Waals surface area (Å²) in [5.41, 5.74) is 8.00. The molecule has 0 fully saturated rings. The van der Waals surface area contributed by atoms with Crippen LogP contribution in [0.15, 0.2) is 24.3 Å². The number of benzene rings is 1. The number of aromatic nitrogens is 2. The summed E-state index contributed by atoms with van der Waals surface area (Å²) in [6.07, 6.45) is 0. The highest BCUT2D eigenvalue weighted by atomic mass is 19.1. The molecule has 2 rings (SSSR count). The lowest BCUT2D eigenvalue weighted by molar-refractivity contribution is -0.119. The number of rotatable bonds is 3. The number of nitrogens with one attached hydrogen (secondary N) is 1. The van der Waals surface area contributed by atoms with Gasteiger partial charge in [-0.3, -0.25) is 9.48 Å². The Labute approximate surface area is 116 Å². The molecule has 0 saturated carbocycles. The van der Waals surface area contributed by atoms with Gasteiger partial charge in [0.05, 0.1) is 17.1 Å². The van der Waals surface area contributed by atoms with Gasteiger partial charge >= 0.3 is 0 Å². The van der Waals surface area contributed by atoms with Gasteiger partial charge in [-0.2, -0.15) is 5.10 Å². The van der Waals surface area contributed by atoms with E-state index in [1.165, 1.54) is 18.2 Å². The minimum atomic E-state index is -0.479.